The highest BCUT2D eigenvalue weighted by atomic mass is 127. The summed E-state index contributed by atoms with van der Waals surface area (Å²) in [7, 11) is 1.79. The van der Waals surface area contributed by atoms with Crippen molar-refractivity contribution in [3.05, 3.63) is 30.1 Å². The van der Waals surface area contributed by atoms with Crippen LogP contribution in [-0.4, -0.2) is 89.1 Å². The third kappa shape index (κ3) is 8.70. The van der Waals surface area contributed by atoms with E-state index in [-0.39, 0.29) is 41.9 Å². The number of guanidine groups is 1. The van der Waals surface area contributed by atoms with E-state index in [1.165, 1.54) is 6.07 Å². The fraction of sp³-hybridized carbons (Fsp3) is 0.682. The van der Waals surface area contributed by atoms with Gasteiger partial charge in [-0.2, -0.15) is 0 Å². The fourth-order valence-corrected chi connectivity index (χ4v) is 3.82. The highest BCUT2D eigenvalue weighted by Gasteiger charge is 2.19. The Balaban J connectivity index is 0.00000341. The molecule has 0 saturated carbocycles. The lowest BCUT2D eigenvalue weighted by Gasteiger charge is -2.36. The Kier molecular flexibility index (Phi) is 11.8. The van der Waals surface area contributed by atoms with Crippen LogP contribution in [0, 0.1) is 5.82 Å². The number of benzene rings is 1. The fourth-order valence-electron chi connectivity index (χ4n) is 3.82. The molecule has 7 nitrogen and oxygen atoms in total. The minimum Gasteiger partial charge on any atom is -0.379 e. The smallest absolute Gasteiger partial charge is 0.191 e. The molecule has 0 amide bonds. The Morgan fingerprint density at radius 3 is 2.74 bits per heavy atom. The number of para-hydroxylation sites is 1. The Labute approximate surface area is 202 Å². The summed E-state index contributed by atoms with van der Waals surface area (Å²) in [6.07, 6.45) is 2.24. The van der Waals surface area contributed by atoms with E-state index in [9.17, 15) is 4.39 Å². The van der Waals surface area contributed by atoms with Crippen molar-refractivity contribution in [2.24, 2.45) is 4.99 Å². The van der Waals surface area contributed by atoms with Crippen LogP contribution in [-0.2, 0) is 9.47 Å². The van der Waals surface area contributed by atoms with Crippen molar-refractivity contribution in [1.29, 1.82) is 0 Å². The Morgan fingerprint density at radius 1 is 1.29 bits per heavy atom. The normalized spacial score (nSPS) is 20.9. The van der Waals surface area contributed by atoms with E-state index in [2.05, 4.69) is 32.3 Å². The number of hydrogen-bond donors (Lipinski definition) is 2. The van der Waals surface area contributed by atoms with Gasteiger partial charge >= 0.3 is 0 Å². The lowest BCUT2D eigenvalue weighted by atomic mass is 10.2. The molecule has 0 bridgehead atoms. The number of nitrogens with one attached hydrogen (secondary N) is 2. The maximum Gasteiger partial charge on any atom is 0.191 e. The maximum atomic E-state index is 14.0. The Hall–Kier alpha value is -1.17. The van der Waals surface area contributed by atoms with Gasteiger partial charge in [-0.15, -0.1) is 24.0 Å². The zero-order chi connectivity index (χ0) is 21.2. The molecule has 1 aromatic rings. The van der Waals surface area contributed by atoms with Gasteiger partial charge in [-0.05, 0) is 38.4 Å². The quantitative estimate of drug-likeness (QED) is 0.214. The second-order valence-electron chi connectivity index (χ2n) is 8.00. The number of anilines is 1. The molecule has 9 heteroatoms. The lowest BCUT2D eigenvalue weighted by Crippen LogP contribution is -2.48. The molecule has 1 aromatic carbocycles. The van der Waals surface area contributed by atoms with Gasteiger partial charge in [0.25, 0.3) is 0 Å². The molecule has 0 radical (unpaired) electrons. The SMILES string of the molecule is CN=C(NCCCN1CCN(c2ccccc2F)CC1)NC(C)COC1CCOC1.I. The van der Waals surface area contributed by atoms with Crippen molar-refractivity contribution in [3.8, 4) is 0 Å². The highest BCUT2D eigenvalue weighted by Crippen LogP contribution is 2.20. The summed E-state index contributed by atoms with van der Waals surface area (Å²) in [4.78, 5) is 8.88. The van der Waals surface area contributed by atoms with Gasteiger partial charge in [0, 0.05) is 52.4 Å². The van der Waals surface area contributed by atoms with Gasteiger partial charge in [0.2, 0.25) is 0 Å². The lowest BCUT2D eigenvalue weighted by molar-refractivity contribution is 0.0347. The first-order chi connectivity index (χ1) is 14.7. The monoisotopic (exact) mass is 549 g/mol. The average molecular weight is 549 g/mol. The third-order valence-corrected chi connectivity index (χ3v) is 5.59. The first-order valence-corrected chi connectivity index (χ1v) is 11.0. The number of halogens is 2. The van der Waals surface area contributed by atoms with Gasteiger partial charge in [0.1, 0.15) is 5.82 Å². The summed E-state index contributed by atoms with van der Waals surface area (Å²) in [5, 5.41) is 6.76. The van der Waals surface area contributed by atoms with E-state index in [4.69, 9.17) is 9.47 Å². The predicted octanol–water partition coefficient (Wildman–Crippen LogP) is 2.31. The first-order valence-electron chi connectivity index (χ1n) is 11.0. The van der Waals surface area contributed by atoms with Gasteiger partial charge < -0.3 is 25.0 Å². The van der Waals surface area contributed by atoms with Crippen LogP contribution in [0.2, 0.25) is 0 Å². The van der Waals surface area contributed by atoms with Crippen LogP contribution in [0.4, 0.5) is 10.1 Å². The standard InChI is InChI=1S/C22H36FN5O2.HI/c1-18(16-30-19-8-15-29-17-19)26-22(24-2)25-9-5-10-27-11-13-28(14-12-27)21-7-4-3-6-20(21)23;/h3-4,6-7,18-19H,5,8-17H2,1-2H3,(H2,24,25,26);1H. The first kappa shape index (κ1) is 26.1. The predicted molar refractivity (Wildman–Crippen MR) is 134 cm³/mol. The summed E-state index contributed by atoms with van der Waals surface area (Å²) in [5.74, 6) is 0.670. The van der Waals surface area contributed by atoms with Crippen LogP contribution >= 0.6 is 24.0 Å². The molecule has 2 aliphatic rings. The minimum absolute atomic E-state index is 0. The molecule has 2 fully saturated rings. The minimum atomic E-state index is -0.134. The number of aliphatic imine (C=N–C) groups is 1. The molecule has 176 valence electrons. The van der Waals surface area contributed by atoms with Crippen LogP contribution in [0.5, 0.6) is 0 Å². The molecule has 2 unspecified atom stereocenters. The molecule has 0 spiro atoms. The third-order valence-electron chi connectivity index (χ3n) is 5.59. The molecular weight excluding hydrogens is 512 g/mol. The van der Waals surface area contributed by atoms with Gasteiger partial charge in [-0.3, -0.25) is 9.89 Å². The van der Waals surface area contributed by atoms with E-state index in [0.29, 0.717) is 18.9 Å². The Bertz CT molecular complexity index is 667. The summed E-state index contributed by atoms with van der Waals surface area (Å²) in [5.41, 5.74) is 0.715. The van der Waals surface area contributed by atoms with Crippen molar-refractivity contribution in [2.75, 3.05) is 71.0 Å². The number of piperazine rings is 1. The number of ether oxygens (including phenoxy) is 2. The van der Waals surface area contributed by atoms with E-state index in [1.807, 2.05) is 12.1 Å². The van der Waals surface area contributed by atoms with Gasteiger partial charge in [0.05, 0.1) is 25.0 Å². The number of rotatable bonds is 9. The van der Waals surface area contributed by atoms with E-state index in [0.717, 1.165) is 64.7 Å². The summed E-state index contributed by atoms with van der Waals surface area (Å²) in [6, 6.07) is 7.21. The van der Waals surface area contributed by atoms with Crippen LogP contribution < -0.4 is 15.5 Å². The molecule has 3 rings (SSSR count). The highest BCUT2D eigenvalue weighted by molar-refractivity contribution is 14.0. The zero-order valence-electron chi connectivity index (χ0n) is 18.7. The molecule has 0 aliphatic carbocycles. The summed E-state index contributed by atoms with van der Waals surface area (Å²) < 4.78 is 25.1. The van der Waals surface area contributed by atoms with Crippen LogP contribution in [0.25, 0.3) is 0 Å². The van der Waals surface area contributed by atoms with Crippen LogP contribution in [0.3, 0.4) is 0 Å². The van der Waals surface area contributed by atoms with Gasteiger partial charge in [0.15, 0.2) is 5.96 Å². The second-order valence-corrected chi connectivity index (χ2v) is 8.00. The molecule has 2 saturated heterocycles. The zero-order valence-corrected chi connectivity index (χ0v) is 21.0. The van der Waals surface area contributed by atoms with Crippen LogP contribution in [0.1, 0.15) is 19.8 Å². The number of nitrogens with zero attached hydrogens (tertiary/aromatic N) is 3. The molecular formula is C22H37FIN5O2. The van der Waals surface area contributed by atoms with Gasteiger partial charge in [-0.25, -0.2) is 4.39 Å². The molecule has 31 heavy (non-hydrogen) atoms. The van der Waals surface area contributed by atoms with Crippen molar-refractivity contribution in [3.63, 3.8) is 0 Å². The average Bonchev–Trinajstić information content (AvgIpc) is 3.29. The molecule has 2 N–H and O–H groups in total. The topological polar surface area (TPSA) is 61.4 Å². The number of hydrogen-bond acceptors (Lipinski definition) is 5. The molecule has 2 aliphatic heterocycles. The Morgan fingerprint density at radius 2 is 2.06 bits per heavy atom. The van der Waals surface area contributed by atoms with Crippen molar-refractivity contribution in [2.45, 2.75) is 31.9 Å². The van der Waals surface area contributed by atoms with E-state index >= 15 is 0 Å². The molecule has 0 aromatic heterocycles. The molecule has 2 heterocycles. The van der Waals surface area contributed by atoms with Crippen LogP contribution in [0.15, 0.2) is 29.3 Å². The van der Waals surface area contributed by atoms with Crippen molar-refractivity contribution < 1.29 is 13.9 Å². The summed E-state index contributed by atoms with van der Waals surface area (Å²) in [6.45, 7) is 9.76. The maximum absolute atomic E-state index is 14.0. The second kappa shape index (κ2) is 14.1. The van der Waals surface area contributed by atoms with E-state index < -0.39 is 0 Å². The molecule has 2 atom stereocenters. The van der Waals surface area contributed by atoms with E-state index in [1.54, 1.807) is 13.1 Å². The van der Waals surface area contributed by atoms with Crippen molar-refractivity contribution in [1.82, 2.24) is 15.5 Å². The van der Waals surface area contributed by atoms with Gasteiger partial charge in [-0.1, -0.05) is 12.1 Å². The summed E-state index contributed by atoms with van der Waals surface area (Å²) >= 11 is 0. The largest absolute Gasteiger partial charge is 0.379 e. The van der Waals surface area contributed by atoms with Crippen molar-refractivity contribution >= 4 is 35.6 Å².